The molecule has 0 heterocycles. The smallest absolute Gasteiger partial charge is 0.205 e. The summed E-state index contributed by atoms with van der Waals surface area (Å²) in [6.07, 6.45) is 2.91. The van der Waals surface area contributed by atoms with Crippen LogP contribution in [0.3, 0.4) is 0 Å². The molecule has 0 aliphatic carbocycles. The second-order valence-electron chi connectivity index (χ2n) is 0.647. The van der Waals surface area contributed by atoms with Gasteiger partial charge in [0.1, 0.15) is 0 Å². The molecule has 0 bridgehead atoms. The van der Waals surface area contributed by atoms with Crippen LogP contribution >= 0.6 is 0 Å². The van der Waals surface area contributed by atoms with Gasteiger partial charge in [-0.3, -0.25) is 0 Å². The van der Waals surface area contributed by atoms with Gasteiger partial charge in [-0.15, -0.1) is 0 Å². The zero-order valence-electron chi connectivity index (χ0n) is 3.26. The molecule has 0 amide bonds. The normalized spacial score (nSPS) is 8.67. The molecule has 6 heavy (non-hydrogen) atoms. The van der Waals surface area contributed by atoms with Gasteiger partial charge in [0.25, 0.3) is 0 Å². The van der Waals surface area contributed by atoms with Crippen molar-refractivity contribution in [2.45, 2.75) is 0 Å². The number of nitrogens with zero attached hydrogens (tertiary/aromatic N) is 2. The number of nitrogens with two attached hydrogens (primary N) is 1. The Kier molecular flexibility index (Phi) is 3.52. The Balaban J connectivity index is 3.02. The van der Waals surface area contributed by atoms with E-state index in [1.165, 1.54) is 6.21 Å². The minimum atomic E-state index is 0.341. The average molecular weight is 83.1 g/mol. The van der Waals surface area contributed by atoms with Crippen LogP contribution in [-0.2, 0) is 0 Å². The summed E-state index contributed by atoms with van der Waals surface area (Å²) in [6.45, 7) is 0.341. The highest BCUT2D eigenvalue weighted by Gasteiger charge is 1.57. The van der Waals surface area contributed by atoms with E-state index in [0.717, 1.165) is 0 Å². The first-order chi connectivity index (χ1) is 2.91. The van der Waals surface area contributed by atoms with Gasteiger partial charge in [0.2, 0.25) is 6.19 Å². The Hall–Kier alpha value is -0.880. The maximum Gasteiger partial charge on any atom is 0.205 e. The van der Waals surface area contributed by atoms with Crippen LogP contribution < -0.4 is 5.73 Å². The molecule has 0 aliphatic rings. The fourth-order valence-electron chi connectivity index (χ4n) is 0.0935. The minimum Gasteiger partial charge on any atom is -0.326 e. The molecular weight excluding hydrogens is 78.1 g/mol. The van der Waals surface area contributed by atoms with Crippen LogP contribution in [0.4, 0.5) is 0 Å². The monoisotopic (exact) mass is 83.0 g/mol. The third-order valence-electron chi connectivity index (χ3n) is 0.254. The van der Waals surface area contributed by atoms with Gasteiger partial charge in [0, 0.05) is 12.8 Å². The highest BCUT2D eigenvalue weighted by Crippen LogP contribution is 1.49. The average Bonchev–Trinajstić information content (AvgIpc) is 1.61. The van der Waals surface area contributed by atoms with Crippen molar-refractivity contribution in [2.24, 2.45) is 10.7 Å². The van der Waals surface area contributed by atoms with Crippen LogP contribution in [0.25, 0.3) is 0 Å². The van der Waals surface area contributed by atoms with Gasteiger partial charge in [-0.25, -0.2) is 0 Å². The van der Waals surface area contributed by atoms with Crippen molar-refractivity contribution < 1.29 is 0 Å². The lowest BCUT2D eigenvalue weighted by molar-refractivity contribution is 1.32. The van der Waals surface area contributed by atoms with Crippen molar-refractivity contribution in [1.82, 2.24) is 0 Å². The van der Waals surface area contributed by atoms with E-state index in [1.807, 2.05) is 0 Å². The van der Waals surface area contributed by atoms with E-state index in [9.17, 15) is 0 Å². The predicted molar refractivity (Wildman–Crippen MR) is 23.2 cm³/mol. The first-order valence-corrected chi connectivity index (χ1v) is 1.52. The molecule has 0 aromatic carbocycles. The van der Waals surface area contributed by atoms with E-state index < -0.39 is 0 Å². The van der Waals surface area contributed by atoms with Gasteiger partial charge in [-0.05, 0) is 0 Å². The zero-order chi connectivity index (χ0) is 4.83. The Morgan fingerprint density at radius 3 is 2.83 bits per heavy atom. The molecule has 0 saturated carbocycles. The molecule has 0 radical (unpaired) electrons. The van der Waals surface area contributed by atoms with Gasteiger partial charge in [-0.1, -0.05) is 0 Å². The van der Waals surface area contributed by atoms with Crippen molar-refractivity contribution in [3.63, 3.8) is 0 Å². The van der Waals surface area contributed by atoms with Gasteiger partial charge in [0.15, 0.2) is 0 Å². The summed E-state index contributed by atoms with van der Waals surface area (Å²) in [5.41, 5.74) is 4.91. The number of hydrogen-bond acceptors (Lipinski definition) is 3. The van der Waals surface area contributed by atoms with E-state index in [4.69, 9.17) is 11.0 Å². The summed E-state index contributed by atoms with van der Waals surface area (Å²) in [6, 6.07) is 0. The maximum atomic E-state index is 7.69. The second-order valence-corrected chi connectivity index (χ2v) is 0.647. The Bertz CT molecular complexity index is 78.5. The molecule has 0 aromatic heterocycles. The third-order valence-corrected chi connectivity index (χ3v) is 0.254. The molecule has 0 rings (SSSR count). The van der Waals surface area contributed by atoms with Gasteiger partial charge in [-0.2, -0.15) is 10.3 Å². The van der Waals surface area contributed by atoms with Gasteiger partial charge >= 0.3 is 0 Å². The van der Waals surface area contributed by atoms with Crippen LogP contribution in [0.1, 0.15) is 0 Å². The first kappa shape index (κ1) is 5.12. The second kappa shape index (κ2) is 4.12. The van der Waals surface area contributed by atoms with Crippen LogP contribution in [-0.4, -0.2) is 12.8 Å². The number of rotatable bonds is 1. The quantitative estimate of drug-likeness (QED) is 0.343. The number of aliphatic imine (C=N–C) groups is 1. The highest BCUT2D eigenvalue weighted by molar-refractivity contribution is 5.60. The van der Waals surface area contributed by atoms with Gasteiger partial charge in [0.05, 0.1) is 0 Å². The number of nitriles is 1. The SMILES string of the molecule is N#CN=CCN. The standard InChI is InChI=1S/C3H5N3/c4-1-2-6-3-5/h2H,1,4H2. The Labute approximate surface area is 36.1 Å². The van der Waals surface area contributed by atoms with Crippen molar-refractivity contribution in [2.75, 3.05) is 6.54 Å². The first-order valence-electron chi connectivity index (χ1n) is 1.52. The summed E-state index contributed by atoms with van der Waals surface area (Å²) in [5.74, 6) is 0. The minimum absolute atomic E-state index is 0.341. The largest absolute Gasteiger partial charge is 0.326 e. The zero-order valence-corrected chi connectivity index (χ0v) is 3.26. The van der Waals surface area contributed by atoms with Crippen molar-refractivity contribution >= 4 is 6.21 Å². The molecule has 0 spiro atoms. The van der Waals surface area contributed by atoms with E-state index in [2.05, 4.69) is 4.99 Å². The van der Waals surface area contributed by atoms with Crippen molar-refractivity contribution in [1.29, 1.82) is 5.26 Å². The highest BCUT2D eigenvalue weighted by atomic mass is 14.7. The predicted octanol–water partition coefficient (Wildman–Crippen LogP) is -0.503. The van der Waals surface area contributed by atoms with Crippen LogP contribution in [0.5, 0.6) is 0 Å². The van der Waals surface area contributed by atoms with Gasteiger partial charge < -0.3 is 5.73 Å². The molecule has 2 N–H and O–H groups in total. The summed E-state index contributed by atoms with van der Waals surface area (Å²) < 4.78 is 0. The molecule has 0 saturated heterocycles. The van der Waals surface area contributed by atoms with Crippen LogP contribution in [0.2, 0.25) is 0 Å². The molecule has 3 heteroatoms. The fraction of sp³-hybridized carbons (Fsp3) is 0.333. The lowest BCUT2D eigenvalue weighted by Gasteiger charge is -1.65. The molecule has 32 valence electrons. The Morgan fingerprint density at radius 1 is 2.00 bits per heavy atom. The molecule has 0 fully saturated rings. The summed E-state index contributed by atoms with van der Waals surface area (Å²) >= 11 is 0. The lowest BCUT2D eigenvalue weighted by Crippen LogP contribution is -1.97. The van der Waals surface area contributed by atoms with Crippen molar-refractivity contribution in [3.05, 3.63) is 0 Å². The van der Waals surface area contributed by atoms with E-state index in [0.29, 0.717) is 6.54 Å². The molecular formula is C3H5N3. The summed E-state index contributed by atoms with van der Waals surface area (Å²) in [4.78, 5) is 3.15. The molecule has 3 nitrogen and oxygen atoms in total. The summed E-state index contributed by atoms with van der Waals surface area (Å²) in [7, 11) is 0. The lowest BCUT2D eigenvalue weighted by atomic mass is 10.8. The van der Waals surface area contributed by atoms with E-state index >= 15 is 0 Å². The molecule has 0 aromatic rings. The van der Waals surface area contributed by atoms with E-state index in [1.54, 1.807) is 6.19 Å². The maximum absolute atomic E-state index is 7.69. The molecule has 0 atom stereocenters. The molecule has 0 unspecified atom stereocenters. The Morgan fingerprint density at radius 2 is 2.67 bits per heavy atom. The molecule has 0 aliphatic heterocycles. The van der Waals surface area contributed by atoms with E-state index in [-0.39, 0.29) is 0 Å². The fourth-order valence-corrected chi connectivity index (χ4v) is 0.0935. The summed E-state index contributed by atoms with van der Waals surface area (Å²) in [5, 5.41) is 7.69. The topological polar surface area (TPSA) is 62.2 Å². The van der Waals surface area contributed by atoms with Crippen molar-refractivity contribution in [3.8, 4) is 6.19 Å². The number of hydrogen-bond donors (Lipinski definition) is 1. The van der Waals surface area contributed by atoms with Crippen LogP contribution in [0, 0.1) is 11.5 Å². The van der Waals surface area contributed by atoms with Crippen LogP contribution in [0.15, 0.2) is 4.99 Å². The third kappa shape index (κ3) is 3.12.